The molecule has 0 atom stereocenters. The van der Waals surface area contributed by atoms with E-state index in [4.69, 9.17) is 11.6 Å². The highest BCUT2D eigenvalue weighted by Gasteiger charge is 2.14. The second-order valence-corrected chi connectivity index (χ2v) is 5.63. The predicted molar refractivity (Wildman–Crippen MR) is 90.7 cm³/mol. The molecule has 0 aliphatic rings. The van der Waals surface area contributed by atoms with Crippen LogP contribution in [0.2, 0.25) is 5.02 Å². The third kappa shape index (κ3) is 3.21. The van der Waals surface area contributed by atoms with Crippen LogP contribution in [-0.2, 0) is 7.05 Å². The minimum Gasteiger partial charge on any atom is -0.305 e. The molecule has 1 amide bonds. The smallest absolute Gasteiger partial charge is 0.277 e. The maximum Gasteiger partial charge on any atom is 0.277 e. The summed E-state index contributed by atoms with van der Waals surface area (Å²) in [6, 6.07) is 11.5. The molecule has 0 spiro atoms. The Morgan fingerprint density at radius 1 is 1.17 bits per heavy atom. The number of aryl methyl sites for hydroxylation is 2. The van der Waals surface area contributed by atoms with Crippen molar-refractivity contribution in [1.29, 1.82) is 0 Å². The Hall–Kier alpha value is -2.93. The maximum absolute atomic E-state index is 12.4. The van der Waals surface area contributed by atoms with E-state index in [-0.39, 0.29) is 11.3 Å². The number of anilines is 1. The SMILES string of the molecule is Cc1cc(NC(=O)c2ccc(=O)n(C)n2)n(-c2cccc(Cl)c2)n1. The molecule has 122 valence electrons. The molecule has 8 heteroatoms. The Morgan fingerprint density at radius 3 is 2.67 bits per heavy atom. The van der Waals surface area contributed by atoms with Gasteiger partial charge in [0.15, 0.2) is 0 Å². The Morgan fingerprint density at radius 2 is 1.96 bits per heavy atom. The van der Waals surface area contributed by atoms with E-state index in [9.17, 15) is 9.59 Å². The summed E-state index contributed by atoms with van der Waals surface area (Å²) in [5.74, 6) is 0.0456. The van der Waals surface area contributed by atoms with Crippen LogP contribution in [-0.4, -0.2) is 25.5 Å². The van der Waals surface area contributed by atoms with Gasteiger partial charge in [-0.1, -0.05) is 17.7 Å². The first-order valence-corrected chi connectivity index (χ1v) is 7.50. The number of carbonyl (C=O) groups is 1. The van der Waals surface area contributed by atoms with Crippen LogP contribution in [0.1, 0.15) is 16.2 Å². The van der Waals surface area contributed by atoms with E-state index in [0.717, 1.165) is 16.1 Å². The minimum atomic E-state index is -0.436. The fourth-order valence-corrected chi connectivity index (χ4v) is 2.38. The fourth-order valence-electron chi connectivity index (χ4n) is 2.20. The third-order valence-corrected chi connectivity index (χ3v) is 3.55. The number of aromatic nitrogens is 4. The Bertz CT molecular complexity index is 977. The lowest BCUT2D eigenvalue weighted by atomic mass is 10.3. The van der Waals surface area contributed by atoms with E-state index >= 15 is 0 Å². The highest BCUT2D eigenvalue weighted by atomic mass is 35.5. The van der Waals surface area contributed by atoms with Gasteiger partial charge in [-0.3, -0.25) is 9.59 Å². The van der Waals surface area contributed by atoms with Gasteiger partial charge in [0, 0.05) is 24.2 Å². The molecule has 7 nitrogen and oxygen atoms in total. The van der Waals surface area contributed by atoms with Crippen molar-refractivity contribution < 1.29 is 4.79 Å². The first kappa shape index (κ1) is 15.9. The van der Waals surface area contributed by atoms with Crippen molar-refractivity contribution >= 4 is 23.3 Å². The molecule has 2 aromatic heterocycles. The molecule has 0 saturated carbocycles. The average molecular weight is 344 g/mol. The van der Waals surface area contributed by atoms with Crippen LogP contribution >= 0.6 is 11.6 Å². The molecule has 0 fully saturated rings. The van der Waals surface area contributed by atoms with Gasteiger partial charge in [0.2, 0.25) is 0 Å². The summed E-state index contributed by atoms with van der Waals surface area (Å²) in [6.07, 6.45) is 0. The van der Waals surface area contributed by atoms with Crippen molar-refractivity contribution in [3.05, 3.63) is 69.2 Å². The quantitative estimate of drug-likeness (QED) is 0.790. The van der Waals surface area contributed by atoms with Crippen LogP contribution in [0.15, 0.2) is 47.3 Å². The van der Waals surface area contributed by atoms with E-state index in [2.05, 4.69) is 15.5 Å². The topological polar surface area (TPSA) is 81.8 Å². The summed E-state index contributed by atoms with van der Waals surface area (Å²) in [5, 5.41) is 11.6. The monoisotopic (exact) mass is 343 g/mol. The van der Waals surface area contributed by atoms with Crippen molar-refractivity contribution in [3.63, 3.8) is 0 Å². The highest BCUT2D eigenvalue weighted by molar-refractivity contribution is 6.30. The number of hydrogen-bond donors (Lipinski definition) is 1. The second-order valence-electron chi connectivity index (χ2n) is 5.20. The number of nitrogens with zero attached hydrogens (tertiary/aromatic N) is 4. The molecule has 24 heavy (non-hydrogen) atoms. The minimum absolute atomic E-state index is 0.133. The van der Waals surface area contributed by atoms with Crippen molar-refractivity contribution in [2.24, 2.45) is 7.05 Å². The van der Waals surface area contributed by atoms with Gasteiger partial charge in [-0.15, -0.1) is 0 Å². The van der Waals surface area contributed by atoms with Gasteiger partial charge in [-0.25, -0.2) is 9.36 Å². The molecule has 0 unspecified atom stereocenters. The largest absolute Gasteiger partial charge is 0.305 e. The van der Waals surface area contributed by atoms with Crippen molar-refractivity contribution in [1.82, 2.24) is 19.6 Å². The van der Waals surface area contributed by atoms with E-state index in [0.29, 0.717) is 10.8 Å². The van der Waals surface area contributed by atoms with Crippen molar-refractivity contribution in [3.8, 4) is 5.69 Å². The molecule has 1 N–H and O–H groups in total. The van der Waals surface area contributed by atoms with Gasteiger partial charge in [0.25, 0.3) is 11.5 Å². The Labute approximate surface area is 142 Å². The first-order chi connectivity index (χ1) is 11.4. The normalized spacial score (nSPS) is 10.6. The van der Waals surface area contributed by atoms with Gasteiger partial charge in [-0.05, 0) is 31.2 Å². The molecular weight excluding hydrogens is 330 g/mol. The molecule has 0 aliphatic heterocycles. The summed E-state index contributed by atoms with van der Waals surface area (Å²) in [6.45, 7) is 1.82. The molecule has 3 rings (SSSR count). The number of halogens is 1. The van der Waals surface area contributed by atoms with E-state index in [1.807, 2.05) is 13.0 Å². The van der Waals surface area contributed by atoms with E-state index in [1.165, 1.54) is 19.2 Å². The Balaban J connectivity index is 1.94. The van der Waals surface area contributed by atoms with Crippen LogP contribution in [0.25, 0.3) is 5.69 Å². The lowest BCUT2D eigenvalue weighted by Gasteiger charge is -2.09. The molecule has 0 aliphatic carbocycles. The zero-order valence-electron chi connectivity index (χ0n) is 13.0. The highest BCUT2D eigenvalue weighted by Crippen LogP contribution is 2.20. The zero-order valence-corrected chi connectivity index (χ0v) is 13.8. The predicted octanol–water partition coefficient (Wildman–Crippen LogP) is 2.18. The van der Waals surface area contributed by atoms with Gasteiger partial charge in [0.05, 0.1) is 11.4 Å². The third-order valence-electron chi connectivity index (χ3n) is 3.32. The van der Waals surface area contributed by atoms with E-state index in [1.54, 1.807) is 28.9 Å². The van der Waals surface area contributed by atoms with Gasteiger partial charge >= 0.3 is 0 Å². The molecule has 0 bridgehead atoms. The zero-order chi connectivity index (χ0) is 17.3. The maximum atomic E-state index is 12.4. The first-order valence-electron chi connectivity index (χ1n) is 7.12. The Kier molecular flexibility index (Phi) is 4.18. The van der Waals surface area contributed by atoms with Crippen molar-refractivity contribution in [2.75, 3.05) is 5.32 Å². The number of benzene rings is 1. The van der Waals surface area contributed by atoms with Gasteiger partial charge in [0.1, 0.15) is 11.5 Å². The summed E-state index contributed by atoms with van der Waals surface area (Å²) in [7, 11) is 1.49. The fraction of sp³-hybridized carbons (Fsp3) is 0.125. The molecule has 2 heterocycles. The standard InChI is InChI=1S/C16H14ClN5O2/c1-10-8-14(22(19-10)12-5-3-4-11(17)9-12)18-16(24)13-6-7-15(23)21(2)20-13/h3-9H,1-2H3,(H,18,24). The summed E-state index contributed by atoms with van der Waals surface area (Å²) < 4.78 is 2.69. The van der Waals surface area contributed by atoms with Gasteiger partial charge in [-0.2, -0.15) is 10.2 Å². The molecular formula is C16H14ClN5O2. The summed E-state index contributed by atoms with van der Waals surface area (Å²) >= 11 is 6.02. The molecule has 1 aromatic carbocycles. The number of hydrogen-bond acceptors (Lipinski definition) is 4. The van der Waals surface area contributed by atoms with Crippen LogP contribution in [0, 0.1) is 6.92 Å². The molecule has 0 radical (unpaired) electrons. The summed E-state index contributed by atoms with van der Waals surface area (Å²) in [5.41, 5.74) is 1.30. The van der Waals surface area contributed by atoms with Crippen LogP contribution in [0.3, 0.4) is 0 Å². The van der Waals surface area contributed by atoms with Crippen LogP contribution < -0.4 is 10.9 Å². The van der Waals surface area contributed by atoms with Crippen LogP contribution in [0.4, 0.5) is 5.82 Å². The van der Waals surface area contributed by atoms with E-state index < -0.39 is 5.91 Å². The lowest BCUT2D eigenvalue weighted by Crippen LogP contribution is -2.24. The number of rotatable bonds is 3. The number of nitrogens with one attached hydrogen (secondary N) is 1. The van der Waals surface area contributed by atoms with Gasteiger partial charge < -0.3 is 5.32 Å². The summed E-state index contributed by atoms with van der Waals surface area (Å²) in [4.78, 5) is 23.7. The lowest BCUT2D eigenvalue weighted by molar-refractivity contribution is 0.101. The second kappa shape index (κ2) is 6.29. The van der Waals surface area contributed by atoms with Crippen molar-refractivity contribution in [2.45, 2.75) is 6.92 Å². The molecule has 3 aromatic rings. The molecule has 0 saturated heterocycles. The number of carbonyl (C=O) groups excluding carboxylic acids is 1. The average Bonchev–Trinajstić information content (AvgIpc) is 2.90. The van der Waals surface area contributed by atoms with Crippen LogP contribution in [0.5, 0.6) is 0 Å². The number of amides is 1.